The summed E-state index contributed by atoms with van der Waals surface area (Å²) >= 11 is 5.33. The Kier molecular flexibility index (Phi) is 7.23. The van der Waals surface area contributed by atoms with E-state index in [1.807, 2.05) is 24.3 Å². The van der Waals surface area contributed by atoms with Crippen LogP contribution in [0.1, 0.15) is 41.3 Å². The van der Waals surface area contributed by atoms with Crippen LogP contribution >= 0.6 is 12.2 Å². The number of aryl methyl sites for hydroxylation is 2. The number of hydrogen-bond donors (Lipinski definition) is 2. The molecule has 1 heterocycles. The minimum atomic E-state index is -0.294. The van der Waals surface area contributed by atoms with E-state index in [1.165, 1.54) is 11.1 Å². The molecule has 34 heavy (non-hydrogen) atoms. The molecule has 0 atom stereocenters. The lowest BCUT2D eigenvalue weighted by Gasteiger charge is -2.10. The van der Waals surface area contributed by atoms with E-state index in [4.69, 9.17) is 21.4 Å². The number of aromatic nitrogens is 1. The monoisotopic (exact) mass is 473 g/mol. The van der Waals surface area contributed by atoms with Crippen LogP contribution in [0.4, 0.5) is 5.69 Å². The molecule has 7 heteroatoms. The Morgan fingerprint density at radius 2 is 1.82 bits per heavy atom. The number of oxazole rings is 1. The van der Waals surface area contributed by atoms with E-state index in [9.17, 15) is 4.79 Å². The van der Waals surface area contributed by atoms with Crippen LogP contribution in [0.2, 0.25) is 0 Å². The largest absolute Gasteiger partial charge is 0.494 e. The van der Waals surface area contributed by atoms with Gasteiger partial charge in [0.25, 0.3) is 5.91 Å². The Morgan fingerprint density at radius 1 is 1.03 bits per heavy atom. The molecule has 0 bridgehead atoms. The fourth-order valence-electron chi connectivity index (χ4n) is 3.38. The molecule has 174 valence electrons. The van der Waals surface area contributed by atoms with Gasteiger partial charge < -0.3 is 14.5 Å². The van der Waals surface area contributed by atoms with Gasteiger partial charge in [-0.3, -0.25) is 10.1 Å². The quantitative estimate of drug-likeness (QED) is 0.238. The smallest absolute Gasteiger partial charge is 0.257 e. The molecule has 3 aromatic carbocycles. The van der Waals surface area contributed by atoms with Crippen molar-refractivity contribution in [1.29, 1.82) is 0 Å². The minimum Gasteiger partial charge on any atom is -0.494 e. The summed E-state index contributed by atoms with van der Waals surface area (Å²) in [4.78, 5) is 17.2. The van der Waals surface area contributed by atoms with Crippen LogP contribution in [0.3, 0.4) is 0 Å². The highest BCUT2D eigenvalue weighted by Crippen LogP contribution is 2.27. The van der Waals surface area contributed by atoms with E-state index in [2.05, 4.69) is 48.5 Å². The van der Waals surface area contributed by atoms with Crippen molar-refractivity contribution in [3.8, 4) is 17.2 Å². The predicted molar refractivity (Wildman–Crippen MR) is 139 cm³/mol. The number of carbonyl (C=O) groups excluding carboxylic acids is 1. The fraction of sp³-hybridized carbons (Fsp3) is 0.222. The summed E-state index contributed by atoms with van der Waals surface area (Å²) in [5.74, 6) is 1.01. The number of nitrogens with zero attached hydrogens (tertiary/aromatic N) is 1. The van der Waals surface area contributed by atoms with Crippen molar-refractivity contribution in [2.45, 2.75) is 33.6 Å². The van der Waals surface area contributed by atoms with Crippen LogP contribution in [-0.4, -0.2) is 22.6 Å². The van der Waals surface area contributed by atoms with Crippen molar-refractivity contribution in [2.75, 3.05) is 11.9 Å². The molecule has 0 aliphatic carbocycles. The lowest BCUT2D eigenvalue weighted by Crippen LogP contribution is -2.34. The zero-order valence-electron chi connectivity index (χ0n) is 19.5. The predicted octanol–water partition coefficient (Wildman–Crippen LogP) is 6.42. The molecule has 1 amide bonds. The lowest BCUT2D eigenvalue weighted by atomic mass is 10.1. The van der Waals surface area contributed by atoms with E-state index in [0.29, 0.717) is 34.8 Å². The molecule has 0 unspecified atom stereocenters. The topological polar surface area (TPSA) is 76.4 Å². The molecule has 0 saturated heterocycles. The van der Waals surface area contributed by atoms with Gasteiger partial charge in [0.1, 0.15) is 11.3 Å². The molecule has 0 radical (unpaired) electrons. The molecule has 0 fully saturated rings. The number of unbranched alkanes of at least 4 members (excludes halogenated alkanes) is 1. The number of rotatable bonds is 7. The van der Waals surface area contributed by atoms with Gasteiger partial charge in [-0.05, 0) is 98.2 Å². The van der Waals surface area contributed by atoms with E-state index >= 15 is 0 Å². The van der Waals surface area contributed by atoms with Crippen molar-refractivity contribution < 1.29 is 13.9 Å². The Morgan fingerprint density at radius 3 is 2.56 bits per heavy atom. The number of hydrogen-bond acceptors (Lipinski definition) is 5. The molecular weight excluding hydrogens is 446 g/mol. The Hall–Kier alpha value is -3.71. The maximum atomic E-state index is 12.5. The van der Waals surface area contributed by atoms with Gasteiger partial charge in [-0.25, -0.2) is 4.98 Å². The SMILES string of the molecule is CCCCOc1ccc(C(=O)NC(=S)Nc2ccc3oc(-c4ccc(C)c(C)c4)nc3c2)cc1. The van der Waals surface area contributed by atoms with E-state index < -0.39 is 0 Å². The van der Waals surface area contributed by atoms with Crippen molar-refractivity contribution in [2.24, 2.45) is 0 Å². The zero-order chi connectivity index (χ0) is 24.1. The van der Waals surface area contributed by atoms with Crippen LogP contribution in [-0.2, 0) is 0 Å². The van der Waals surface area contributed by atoms with Crippen LogP contribution in [0.15, 0.2) is 65.1 Å². The number of anilines is 1. The number of nitrogens with one attached hydrogen (secondary N) is 2. The van der Waals surface area contributed by atoms with Crippen molar-refractivity contribution in [3.05, 3.63) is 77.4 Å². The average Bonchev–Trinajstić information content (AvgIpc) is 3.25. The van der Waals surface area contributed by atoms with E-state index in [-0.39, 0.29) is 11.0 Å². The van der Waals surface area contributed by atoms with Gasteiger partial charge in [-0.15, -0.1) is 0 Å². The first-order valence-corrected chi connectivity index (χ1v) is 11.7. The molecular formula is C27H27N3O3S. The summed E-state index contributed by atoms with van der Waals surface area (Å²) < 4.78 is 11.6. The molecule has 2 N–H and O–H groups in total. The van der Waals surface area contributed by atoms with Gasteiger partial charge in [0.15, 0.2) is 10.7 Å². The second-order valence-electron chi connectivity index (χ2n) is 8.14. The van der Waals surface area contributed by atoms with E-state index in [1.54, 1.807) is 24.3 Å². The first-order valence-electron chi connectivity index (χ1n) is 11.3. The van der Waals surface area contributed by atoms with Gasteiger partial charge in [0.2, 0.25) is 5.89 Å². The van der Waals surface area contributed by atoms with Gasteiger partial charge in [0.05, 0.1) is 6.61 Å². The minimum absolute atomic E-state index is 0.200. The number of thiocarbonyl (C=S) groups is 1. The summed E-state index contributed by atoms with van der Waals surface area (Å²) in [7, 11) is 0. The van der Waals surface area contributed by atoms with Crippen LogP contribution < -0.4 is 15.4 Å². The lowest BCUT2D eigenvalue weighted by molar-refractivity contribution is 0.0977. The first-order chi connectivity index (χ1) is 16.4. The summed E-state index contributed by atoms with van der Waals surface area (Å²) in [6, 6.07) is 18.6. The van der Waals surface area contributed by atoms with Crippen molar-refractivity contribution in [1.82, 2.24) is 10.3 Å². The number of fused-ring (bicyclic) bond motifs is 1. The summed E-state index contributed by atoms with van der Waals surface area (Å²) in [5.41, 5.74) is 5.91. The van der Waals surface area contributed by atoms with Crippen molar-refractivity contribution in [3.63, 3.8) is 0 Å². The molecule has 6 nitrogen and oxygen atoms in total. The second-order valence-corrected chi connectivity index (χ2v) is 8.54. The number of ether oxygens (including phenoxy) is 1. The zero-order valence-corrected chi connectivity index (χ0v) is 20.3. The molecule has 4 aromatic rings. The third kappa shape index (κ3) is 5.61. The highest BCUT2D eigenvalue weighted by atomic mass is 32.1. The molecule has 0 aliphatic rings. The molecule has 0 saturated carbocycles. The van der Waals surface area contributed by atoms with Crippen molar-refractivity contribution >= 4 is 40.0 Å². The summed E-state index contributed by atoms with van der Waals surface area (Å²) in [5, 5.41) is 5.94. The number of carbonyl (C=O) groups is 1. The molecule has 4 rings (SSSR count). The average molecular weight is 474 g/mol. The third-order valence-corrected chi connectivity index (χ3v) is 5.71. The second kappa shape index (κ2) is 10.5. The van der Waals surface area contributed by atoms with E-state index in [0.717, 1.165) is 24.2 Å². The summed E-state index contributed by atoms with van der Waals surface area (Å²) in [6.07, 6.45) is 2.07. The van der Waals surface area contributed by atoms with Gasteiger partial charge in [0, 0.05) is 16.8 Å². The highest BCUT2D eigenvalue weighted by molar-refractivity contribution is 7.80. The standard InChI is InChI=1S/C27H27N3O3S/c1-4-5-14-32-22-11-8-19(9-12-22)25(31)30-27(34)28-21-10-13-24-23(16-21)29-26(33-24)20-7-6-17(2)18(3)15-20/h6-13,15-16H,4-5,14H2,1-3H3,(H2,28,30,31,34). The Balaban J connectivity index is 1.39. The highest BCUT2D eigenvalue weighted by Gasteiger charge is 2.12. The fourth-order valence-corrected chi connectivity index (χ4v) is 3.59. The van der Waals surface area contributed by atoms with Gasteiger partial charge in [-0.1, -0.05) is 19.4 Å². The number of amides is 1. The van der Waals surface area contributed by atoms with Gasteiger partial charge in [-0.2, -0.15) is 0 Å². The number of benzene rings is 3. The maximum absolute atomic E-state index is 12.5. The molecule has 1 aromatic heterocycles. The third-order valence-electron chi connectivity index (χ3n) is 5.51. The van der Waals surface area contributed by atoms with Crippen LogP contribution in [0.5, 0.6) is 5.75 Å². The molecule has 0 spiro atoms. The first kappa shape index (κ1) is 23.4. The Bertz CT molecular complexity index is 1330. The van der Waals surface area contributed by atoms with Gasteiger partial charge >= 0.3 is 0 Å². The van der Waals surface area contributed by atoms with Crippen LogP contribution in [0, 0.1) is 13.8 Å². The summed E-state index contributed by atoms with van der Waals surface area (Å²) in [6.45, 7) is 6.91. The van der Waals surface area contributed by atoms with Crippen LogP contribution in [0.25, 0.3) is 22.6 Å². The normalized spacial score (nSPS) is 10.8. The maximum Gasteiger partial charge on any atom is 0.257 e. The Labute approximate surface area is 204 Å². The molecule has 0 aliphatic heterocycles.